The van der Waals surface area contributed by atoms with Gasteiger partial charge in [-0.15, -0.1) is 0 Å². The van der Waals surface area contributed by atoms with Crippen LogP contribution in [0.5, 0.6) is 5.88 Å². The van der Waals surface area contributed by atoms with E-state index in [2.05, 4.69) is 20.3 Å². The van der Waals surface area contributed by atoms with Gasteiger partial charge in [-0.25, -0.2) is 23.7 Å². The zero-order valence-electron chi connectivity index (χ0n) is 16.2. The molecule has 12 heteroatoms. The van der Waals surface area contributed by atoms with E-state index in [-0.39, 0.29) is 35.3 Å². The first kappa shape index (κ1) is 21.2. The number of hydrogen-bond donors (Lipinski definition) is 2. The minimum absolute atomic E-state index is 0.0816. The van der Waals surface area contributed by atoms with Crippen molar-refractivity contribution in [2.45, 2.75) is 19.0 Å². The van der Waals surface area contributed by atoms with E-state index in [0.717, 1.165) is 31.0 Å². The Kier molecular flexibility index (Phi) is 5.40. The number of rotatable bonds is 8. The lowest BCUT2D eigenvalue weighted by Crippen LogP contribution is -2.28. The first-order chi connectivity index (χ1) is 14.7. The van der Waals surface area contributed by atoms with Crippen molar-refractivity contribution in [1.29, 1.82) is 5.41 Å². The summed E-state index contributed by atoms with van der Waals surface area (Å²) in [5, 5.41) is 9.85. The molecule has 7 nitrogen and oxygen atoms in total. The number of pyridine rings is 1. The molecule has 4 rings (SSSR count). The molecule has 0 aromatic carbocycles. The van der Waals surface area contributed by atoms with Crippen LogP contribution in [-0.2, 0) is 6.18 Å². The van der Waals surface area contributed by atoms with Gasteiger partial charge in [-0.2, -0.15) is 13.2 Å². The molecule has 2 atom stereocenters. The number of nitrogens with one attached hydrogen (secondary N) is 2. The van der Waals surface area contributed by atoms with Crippen LogP contribution in [0.25, 0.3) is 0 Å². The second-order valence-corrected chi connectivity index (χ2v) is 7.69. The fourth-order valence-corrected chi connectivity index (χ4v) is 3.82. The van der Waals surface area contributed by atoms with Gasteiger partial charge in [0.25, 0.3) is 6.43 Å². The largest absolute Gasteiger partial charge is 0.477 e. The number of ether oxygens (including phenoxy) is 1. The van der Waals surface area contributed by atoms with Crippen LogP contribution in [0.1, 0.15) is 17.7 Å². The Bertz CT molecular complexity index is 971. The molecular weight excluding hydrogens is 423 g/mol. The van der Waals surface area contributed by atoms with Crippen LogP contribution in [-0.4, -0.2) is 53.8 Å². The Balaban J connectivity index is 1.42. The predicted octanol–water partition coefficient (Wildman–Crippen LogP) is 3.47. The number of aromatic nitrogens is 3. The number of piperidine rings is 1. The lowest BCUT2D eigenvalue weighted by molar-refractivity contribution is -0.137. The molecule has 0 amide bonds. The zero-order valence-corrected chi connectivity index (χ0v) is 16.2. The number of alkyl halides is 5. The summed E-state index contributed by atoms with van der Waals surface area (Å²) in [5.41, 5.74) is -0.891. The minimum Gasteiger partial charge on any atom is -0.477 e. The summed E-state index contributed by atoms with van der Waals surface area (Å²) in [5.74, 6) is 0.778. The molecule has 3 heterocycles. The first-order valence-electron chi connectivity index (χ1n) is 9.51. The maximum atomic E-state index is 12.9. The standard InChI is InChI=1S/C19H19F5N6O/c20-14(21)6-28-17-13(5-25)27-7-15(29-17)30-8-12-4-18(12,9-30)10-31-16-3-11(1-2-26-16)19(22,23)24/h1-3,5,7,12,14,25H,4,6,8-10H2,(H,28,29). The molecule has 0 radical (unpaired) electrons. The molecule has 31 heavy (non-hydrogen) atoms. The normalized spacial score (nSPS) is 22.4. The van der Waals surface area contributed by atoms with E-state index < -0.39 is 24.7 Å². The van der Waals surface area contributed by atoms with Crippen molar-refractivity contribution in [3.63, 3.8) is 0 Å². The molecule has 0 bridgehead atoms. The molecule has 2 aliphatic rings. The minimum atomic E-state index is -4.47. The van der Waals surface area contributed by atoms with Crippen LogP contribution in [0.3, 0.4) is 0 Å². The van der Waals surface area contributed by atoms with Crippen molar-refractivity contribution < 1.29 is 26.7 Å². The SMILES string of the molecule is N=Cc1ncc(N2CC3CC3(COc3cc(C(F)(F)F)ccn3)C2)nc1NCC(F)F. The second kappa shape index (κ2) is 7.89. The quantitative estimate of drug-likeness (QED) is 0.481. The average Bonchev–Trinajstić information content (AvgIpc) is 3.29. The fourth-order valence-electron chi connectivity index (χ4n) is 3.82. The van der Waals surface area contributed by atoms with E-state index in [1.807, 2.05) is 4.90 Å². The topological polar surface area (TPSA) is 87.0 Å². The number of hydrogen-bond acceptors (Lipinski definition) is 7. The average molecular weight is 442 g/mol. The molecule has 166 valence electrons. The van der Waals surface area contributed by atoms with Crippen molar-refractivity contribution in [3.05, 3.63) is 35.8 Å². The number of fused-ring (bicyclic) bond motifs is 1. The van der Waals surface area contributed by atoms with Crippen molar-refractivity contribution in [2.24, 2.45) is 11.3 Å². The van der Waals surface area contributed by atoms with Crippen molar-refractivity contribution in [3.8, 4) is 5.88 Å². The zero-order chi connectivity index (χ0) is 22.2. The van der Waals surface area contributed by atoms with Crippen molar-refractivity contribution >= 4 is 17.9 Å². The fraction of sp³-hybridized carbons (Fsp3) is 0.474. The van der Waals surface area contributed by atoms with Gasteiger partial charge < -0.3 is 20.4 Å². The molecule has 2 aromatic rings. The third-order valence-electron chi connectivity index (χ3n) is 5.55. The van der Waals surface area contributed by atoms with Crippen LogP contribution in [0.4, 0.5) is 33.6 Å². The summed E-state index contributed by atoms with van der Waals surface area (Å²) in [6.45, 7) is 0.796. The summed E-state index contributed by atoms with van der Waals surface area (Å²) in [4.78, 5) is 14.2. The highest BCUT2D eigenvalue weighted by atomic mass is 19.4. The van der Waals surface area contributed by atoms with Gasteiger partial charge in [0, 0.05) is 37.0 Å². The predicted molar refractivity (Wildman–Crippen MR) is 102 cm³/mol. The van der Waals surface area contributed by atoms with Gasteiger partial charge in [0.2, 0.25) is 5.88 Å². The Labute approximate surface area is 174 Å². The third-order valence-corrected chi connectivity index (χ3v) is 5.55. The summed E-state index contributed by atoms with van der Waals surface area (Å²) in [6.07, 6.45) is -2.71. The molecule has 2 fully saturated rings. The number of nitrogens with zero attached hydrogens (tertiary/aromatic N) is 4. The third kappa shape index (κ3) is 4.52. The molecule has 1 saturated heterocycles. The lowest BCUT2D eigenvalue weighted by Gasteiger charge is -2.22. The molecule has 0 spiro atoms. The van der Waals surface area contributed by atoms with E-state index >= 15 is 0 Å². The Morgan fingerprint density at radius 2 is 2.16 bits per heavy atom. The van der Waals surface area contributed by atoms with Gasteiger partial charge in [0.05, 0.1) is 24.9 Å². The number of halogens is 5. The Morgan fingerprint density at radius 3 is 2.87 bits per heavy atom. The van der Waals surface area contributed by atoms with Gasteiger partial charge in [-0.1, -0.05) is 0 Å². The van der Waals surface area contributed by atoms with E-state index in [4.69, 9.17) is 10.1 Å². The van der Waals surface area contributed by atoms with Crippen molar-refractivity contribution in [2.75, 3.05) is 36.5 Å². The van der Waals surface area contributed by atoms with Crippen LogP contribution in [0, 0.1) is 16.7 Å². The van der Waals surface area contributed by atoms with E-state index in [1.54, 1.807) is 0 Å². The number of anilines is 2. The van der Waals surface area contributed by atoms with Crippen LogP contribution in [0.2, 0.25) is 0 Å². The highest BCUT2D eigenvalue weighted by Gasteiger charge is 2.61. The van der Waals surface area contributed by atoms with Gasteiger partial charge in [-0.3, -0.25) is 0 Å². The molecule has 2 unspecified atom stereocenters. The van der Waals surface area contributed by atoms with E-state index in [9.17, 15) is 22.0 Å². The van der Waals surface area contributed by atoms with Gasteiger partial charge in [0.1, 0.15) is 11.5 Å². The highest BCUT2D eigenvalue weighted by Crippen LogP contribution is 2.58. The van der Waals surface area contributed by atoms with Gasteiger partial charge in [0.15, 0.2) is 5.82 Å². The molecule has 2 N–H and O–H groups in total. The molecule has 1 aliphatic carbocycles. The van der Waals surface area contributed by atoms with Crippen LogP contribution < -0.4 is 15.0 Å². The van der Waals surface area contributed by atoms with E-state index in [0.29, 0.717) is 18.9 Å². The van der Waals surface area contributed by atoms with Gasteiger partial charge >= 0.3 is 6.18 Å². The highest BCUT2D eigenvalue weighted by molar-refractivity contribution is 5.81. The van der Waals surface area contributed by atoms with Gasteiger partial charge in [-0.05, 0) is 18.4 Å². The second-order valence-electron chi connectivity index (χ2n) is 7.69. The Hall–Kier alpha value is -3.05. The smallest absolute Gasteiger partial charge is 0.416 e. The first-order valence-corrected chi connectivity index (χ1v) is 9.51. The monoisotopic (exact) mass is 442 g/mol. The summed E-state index contributed by atoms with van der Waals surface area (Å²) < 4.78 is 69.2. The molecule has 2 aromatic heterocycles. The summed E-state index contributed by atoms with van der Waals surface area (Å²) in [6, 6.07) is 1.77. The maximum absolute atomic E-state index is 12.9. The molecule has 1 aliphatic heterocycles. The van der Waals surface area contributed by atoms with E-state index in [1.165, 1.54) is 6.20 Å². The van der Waals surface area contributed by atoms with Crippen molar-refractivity contribution in [1.82, 2.24) is 15.0 Å². The maximum Gasteiger partial charge on any atom is 0.416 e. The molecular formula is C19H19F5N6O. The summed E-state index contributed by atoms with van der Waals surface area (Å²) >= 11 is 0. The van der Waals surface area contributed by atoms with Crippen LogP contribution >= 0.6 is 0 Å². The lowest BCUT2D eigenvalue weighted by atomic mass is 10.1. The Morgan fingerprint density at radius 1 is 1.35 bits per heavy atom. The molecule has 1 saturated carbocycles. The van der Waals surface area contributed by atoms with Crippen LogP contribution in [0.15, 0.2) is 24.5 Å². The summed E-state index contributed by atoms with van der Waals surface area (Å²) in [7, 11) is 0.